The third kappa shape index (κ3) is 3.75. The van der Waals surface area contributed by atoms with Crippen molar-refractivity contribution in [2.75, 3.05) is 24.8 Å². The van der Waals surface area contributed by atoms with Gasteiger partial charge < -0.3 is 10.1 Å². The Bertz CT molecular complexity index is 406. The molecule has 0 fully saturated rings. The number of amidine groups is 1. The van der Waals surface area contributed by atoms with Crippen molar-refractivity contribution in [3.05, 3.63) is 29.8 Å². The molecule has 1 aromatic rings. The smallest absolute Gasteiger partial charge is 0.161 e. The SMILES string of the molecule is COCCC1CSC(Nc2cccc(C)c2)=N1. The maximum absolute atomic E-state index is 5.07. The zero-order chi connectivity index (χ0) is 12.1. The lowest BCUT2D eigenvalue weighted by Crippen LogP contribution is -2.08. The van der Waals surface area contributed by atoms with Crippen LogP contribution in [0.2, 0.25) is 0 Å². The topological polar surface area (TPSA) is 33.6 Å². The summed E-state index contributed by atoms with van der Waals surface area (Å²) in [5.41, 5.74) is 2.37. The number of thioether (sulfide) groups is 1. The van der Waals surface area contributed by atoms with E-state index in [1.165, 1.54) is 5.56 Å². The summed E-state index contributed by atoms with van der Waals surface area (Å²) < 4.78 is 5.07. The molecule has 2 rings (SSSR count). The average Bonchev–Trinajstić information content (AvgIpc) is 2.74. The van der Waals surface area contributed by atoms with Crippen LogP contribution >= 0.6 is 11.8 Å². The molecule has 1 atom stereocenters. The van der Waals surface area contributed by atoms with E-state index in [0.29, 0.717) is 6.04 Å². The van der Waals surface area contributed by atoms with Gasteiger partial charge in [0.05, 0.1) is 6.04 Å². The summed E-state index contributed by atoms with van der Waals surface area (Å²) in [6.07, 6.45) is 1.00. The number of nitrogens with zero attached hydrogens (tertiary/aromatic N) is 1. The molecule has 0 aromatic heterocycles. The number of nitrogens with one attached hydrogen (secondary N) is 1. The van der Waals surface area contributed by atoms with Crippen molar-refractivity contribution in [3.63, 3.8) is 0 Å². The highest BCUT2D eigenvalue weighted by Crippen LogP contribution is 2.22. The van der Waals surface area contributed by atoms with Crippen LogP contribution in [-0.2, 0) is 4.74 Å². The number of hydrogen-bond donors (Lipinski definition) is 1. The normalized spacial score (nSPS) is 19.2. The van der Waals surface area contributed by atoms with Crippen LogP contribution in [0.5, 0.6) is 0 Å². The molecule has 92 valence electrons. The highest BCUT2D eigenvalue weighted by atomic mass is 32.2. The fraction of sp³-hybridized carbons (Fsp3) is 0.462. The summed E-state index contributed by atoms with van der Waals surface area (Å²) in [5.74, 6) is 1.05. The van der Waals surface area contributed by atoms with Gasteiger partial charge in [0.1, 0.15) is 0 Å². The van der Waals surface area contributed by atoms with Crippen LogP contribution in [-0.4, -0.2) is 30.7 Å². The Kier molecular flexibility index (Phi) is 4.45. The molecule has 0 saturated heterocycles. The van der Waals surface area contributed by atoms with Crippen LogP contribution in [0.1, 0.15) is 12.0 Å². The van der Waals surface area contributed by atoms with Gasteiger partial charge in [0.2, 0.25) is 0 Å². The summed E-state index contributed by atoms with van der Waals surface area (Å²) in [4.78, 5) is 4.64. The summed E-state index contributed by atoms with van der Waals surface area (Å²) in [7, 11) is 1.73. The fourth-order valence-electron chi connectivity index (χ4n) is 1.73. The molecule has 4 heteroatoms. The molecule has 1 aromatic carbocycles. The van der Waals surface area contributed by atoms with Gasteiger partial charge in [-0.15, -0.1) is 0 Å². The Morgan fingerprint density at radius 3 is 3.18 bits per heavy atom. The molecule has 1 heterocycles. The molecule has 0 aliphatic carbocycles. The third-order valence-electron chi connectivity index (χ3n) is 2.64. The van der Waals surface area contributed by atoms with Crippen LogP contribution in [0, 0.1) is 6.92 Å². The number of aliphatic imine (C=N–C) groups is 1. The van der Waals surface area contributed by atoms with E-state index < -0.39 is 0 Å². The maximum atomic E-state index is 5.07. The van der Waals surface area contributed by atoms with Crippen molar-refractivity contribution in [1.82, 2.24) is 0 Å². The molecule has 0 spiro atoms. The van der Waals surface area contributed by atoms with Gasteiger partial charge >= 0.3 is 0 Å². The average molecular weight is 250 g/mol. The first-order valence-corrected chi connectivity index (χ1v) is 6.79. The van der Waals surface area contributed by atoms with E-state index in [0.717, 1.165) is 29.6 Å². The van der Waals surface area contributed by atoms with Crippen LogP contribution in [0.3, 0.4) is 0 Å². The van der Waals surface area contributed by atoms with Crippen LogP contribution in [0.25, 0.3) is 0 Å². The Hall–Kier alpha value is -1.00. The number of anilines is 1. The standard InChI is InChI=1S/C13H18N2OS/c1-10-4-3-5-11(8-10)14-13-15-12(9-17-13)6-7-16-2/h3-5,8,12H,6-7,9H2,1-2H3,(H,14,15). The summed E-state index contributed by atoms with van der Waals surface area (Å²) in [6, 6.07) is 8.74. The molecule has 0 saturated carbocycles. The van der Waals surface area contributed by atoms with Gasteiger partial charge in [-0.3, -0.25) is 4.99 Å². The van der Waals surface area contributed by atoms with Crippen molar-refractivity contribution < 1.29 is 4.74 Å². The van der Waals surface area contributed by atoms with Gasteiger partial charge in [-0.25, -0.2) is 0 Å². The Morgan fingerprint density at radius 2 is 2.41 bits per heavy atom. The number of hydrogen-bond acceptors (Lipinski definition) is 4. The zero-order valence-electron chi connectivity index (χ0n) is 10.3. The van der Waals surface area contributed by atoms with Crippen LogP contribution in [0.4, 0.5) is 5.69 Å². The number of rotatable bonds is 4. The second kappa shape index (κ2) is 6.07. The van der Waals surface area contributed by atoms with E-state index in [1.54, 1.807) is 18.9 Å². The van der Waals surface area contributed by atoms with Gasteiger partial charge in [0.25, 0.3) is 0 Å². The Balaban J connectivity index is 1.91. The Labute approximate surface area is 107 Å². The third-order valence-corrected chi connectivity index (χ3v) is 3.67. The number of benzene rings is 1. The largest absolute Gasteiger partial charge is 0.385 e. The van der Waals surface area contributed by atoms with Crippen molar-refractivity contribution in [2.24, 2.45) is 4.99 Å². The number of ether oxygens (including phenoxy) is 1. The minimum Gasteiger partial charge on any atom is -0.385 e. The van der Waals surface area contributed by atoms with Crippen LogP contribution in [0.15, 0.2) is 29.3 Å². The quantitative estimate of drug-likeness (QED) is 0.892. The van der Waals surface area contributed by atoms with Gasteiger partial charge in [0, 0.05) is 25.2 Å². The molecule has 1 aliphatic heterocycles. The van der Waals surface area contributed by atoms with E-state index >= 15 is 0 Å². The van der Waals surface area contributed by atoms with E-state index in [4.69, 9.17) is 4.74 Å². The highest BCUT2D eigenvalue weighted by Gasteiger charge is 2.17. The number of aryl methyl sites for hydroxylation is 1. The lowest BCUT2D eigenvalue weighted by molar-refractivity contribution is 0.190. The predicted octanol–water partition coefficient (Wildman–Crippen LogP) is 2.91. The van der Waals surface area contributed by atoms with Gasteiger partial charge in [-0.2, -0.15) is 0 Å². The molecular weight excluding hydrogens is 232 g/mol. The van der Waals surface area contributed by atoms with E-state index in [2.05, 4.69) is 41.5 Å². The second-order valence-corrected chi connectivity index (χ2v) is 5.18. The van der Waals surface area contributed by atoms with E-state index in [-0.39, 0.29) is 0 Å². The minimum absolute atomic E-state index is 0.396. The molecule has 1 unspecified atom stereocenters. The zero-order valence-corrected chi connectivity index (χ0v) is 11.1. The monoisotopic (exact) mass is 250 g/mol. The maximum Gasteiger partial charge on any atom is 0.161 e. The molecule has 1 N–H and O–H groups in total. The lowest BCUT2D eigenvalue weighted by atomic mass is 10.2. The molecule has 0 radical (unpaired) electrons. The van der Waals surface area contributed by atoms with Gasteiger partial charge in [-0.05, 0) is 31.0 Å². The summed E-state index contributed by atoms with van der Waals surface area (Å²) in [6.45, 7) is 2.88. The van der Waals surface area contributed by atoms with Crippen molar-refractivity contribution in [1.29, 1.82) is 0 Å². The second-order valence-electron chi connectivity index (χ2n) is 4.18. The van der Waals surface area contributed by atoms with Crippen molar-refractivity contribution >= 4 is 22.6 Å². The van der Waals surface area contributed by atoms with E-state index in [1.807, 2.05) is 0 Å². The first-order chi connectivity index (χ1) is 8.28. The Morgan fingerprint density at radius 1 is 1.53 bits per heavy atom. The molecule has 0 amide bonds. The first kappa shape index (κ1) is 12.5. The van der Waals surface area contributed by atoms with Crippen LogP contribution < -0.4 is 5.32 Å². The lowest BCUT2D eigenvalue weighted by Gasteiger charge is -2.05. The highest BCUT2D eigenvalue weighted by molar-refractivity contribution is 8.14. The first-order valence-electron chi connectivity index (χ1n) is 5.81. The molecule has 1 aliphatic rings. The molecular formula is C13H18N2OS. The summed E-state index contributed by atoms with van der Waals surface area (Å²) in [5, 5.41) is 4.38. The predicted molar refractivity (Wildman–Crippen MR) is 75.0 cm³/mol. The molecule has 0 bridgehead atoms. The van der Waals surface area contributed by atoms with Crippen molar-refractivity contribution in [3.8, 4) is 0 Å². The minimum atomic E-state index is 0.396. The van der Waals surface area contributed by atoms with Gasteiger partial charge in [0.15, 0.2) is 5.17 Å². The summed E-state index contributed by atoms with van der Waals surface area (Å²) >= 11 is 1.78. The number of methoxy groups -OCH3 is 1. The van der Waals surface area contributed by atoms with Gasteiger partial charge in [-0.1, -0.05) is 23.9 Å². The molecule has 3 nitrogen and oxygen atoms in total. The van der Waals surface area contributed by atoms with E-state index in [9.17, 15) is 0 Å². The molecule has 17 heavy (non-hydrogen) atoms. The fourth-order valence-corrected chi connectivity index (χ4v) is 2.74. The van der Waals surface area contributed by atoms with Crippen molar-refractivity contribution in [2.45, 2.75) is 19.4 Å².